The Morgan fingerprint density at radius 3 is 2.26 bits per heavy atom. The lowest BCUT2D eigenvalue weighted by atomic mass is 10.1. The molecule has 5 rings (SSSR count). The van der Waals surface area contributed by atoms with Crippen LogP contribution in [0.1, 0.15) is 0 Å². The topological polar surface area (TPSA) is 125 Å². The van der Waals surface area contributed by atoms with E-state index >= 15 is 0 Å². The number of benzene rings is 5. The summed E-state index contributed by atoms with van der Waals surface area (Å²) in [6, 6.07) is 26.3. The number of nitrogens with two attached hydrogens (primary N) is 1. The second-order valence-electron chi connectivity index (χ2n) is 7.91. The van der Waals surface area contributed by atoms with Gasteiger partial charge in [-0.1, -0.05) is 42.5 Å². The molecule has 0 saturated heterocycles. The average molecular weight is 472 g/mol. The largest absolute Gasteiger partial charge is 0.507 e. The Kier molecular flexibility index (Phi) is 5.24. The van der Waals surface area contributed by atoms with Crippen LogP contribution in [0.4, 0.5) is 28.4 Å². The molecule has 0 aliphatic carbocycles. The molecule has 0 aliphatic rings. The fourth-order valence-electron chi connectivity index (χ4n) is 4.05. The van der Waals surface area contributed by atoms with E-state index in [0.29, 0.717) is 28.1 Å². The van der Waals surface area contributed by atoms with Crippen molar-refractivity contribution in [3.8, 4) is 5.75 Å². The van der Waals surface area contributed by atoms with Gasteiger partial charge >= 0.3 is 0 Å². The van der Waals surface area contributed by atoms with Crippen molar-refractivity contribution in [2.24, 2.45) is 0 Å². The number of hydrogen-bond donors (Lipinski definition) is 5. The maximum atomic E-state index is 12.2. The van der Waals surface area contributed by atoms with Crippen LogP contribution in [0.25, 0.3) is 21.5 Å². The summed E-state index contributed by atoms with van der Waals surface area (Å²) in [5.41, 5.74) is 8.52. The smallest absolute Gasteiger partial charge is 0.296 e. The van der Waals surface area contributed by atoms with Crippen LogP contribution in [0, 0.1) is 0 Å². The summed E-state index contributed by atoms with van der Waals surface area (Å²) in [7, 11) is -4.54. The Hall–Kier alpha value is -4.27. The minimum atomic E-state index is -4.54. The third-order valence-electron chi connectivity index (χ3n) is 5.58. The number of hydrogen-bond acceptors (Lipinski definition) is 6. The molecule has 0 saturated carbocycles. The second-order valence-corrected chi connectivity index (χ2v) is 9.30. The van der Waals surface area contributed by atoms with E-state index in [4.69, 9.17) is 5.73 Å². The fraction of sp³-hybridized carbons (Fsp3) is 0. The summed E-state index contributed by atoms with van der Waals surface area (Å²) in [6.07, 6.45) is 0. The third kappa shape index (κ3) is 4.07. The molecule has 0 spiro atoms. The highest BCUT2D eigenvalue weighted by Crippen LogP contribution is 2.38. The van der Waals surface area contributed by atoms with Gasteiger partial charge in [-0.2, -0.15) is 8.42 Å². The summed E-state index contributed by atoms with van der Waals surface area (Å²) in [5.74, 6) is 0.151. The predicted octanol–water partition coefficient (Wildman–Crippen LogP) is 6.01. The Morgan fingerprint density at radius 2 is 1.44 bits per heavy atom. The first kappa shape index (κ1) is 21.6. The van der Waals surface area contributed by atoms with Gasteiger partial charge in [0.1, 0.15) is 10.6 Å². The number of para-hydroxylation sites is 1. The molecular formula is C26H21N3O4S. The standard InChI is InChI=1S/C26H21N3O4S/c27-18-13-16-5-1-2-7-20(16)23(15-18)29-22-8-4-10-25(34(31,32)33)26(22)28-19-11-12-21-17(14-19)6-3-9-24(21)30/h1-15,28-30H,27H2,(H,31,32,33). The van der Waals surface area contributed by atoms with Gasteiger partial charge in [-0.25, -0.2) is 0 Å². The van der Waals surface area contributed by atoms with Gasteiger partial charge in [0.05, 0.1) is 11.4 Å². The SMILES string of the molecule is Nc1cc(Nc2cccc(S(=O)(=O)O)c2Nc2ccc3c(O)cccc3c2)c2ccccc2c1. The molecule has 0 radical (unpaired) electrons. The summed E-state index contributed by atoms with van der Waals surface area (Å²) < 4.78 is 34.3. The lowest BCUT2D eigenvalue weighted by molar-refractivity contribution is 0.481. The molecule has 0 fully saturated rings. The number of rotatable bonds is 5. The quantitative estimate of drug-likeness (QED) is 0.157. The van der Waals surface area contributed by atoms with Crippen molar-refractivity contribution in [3.63, 3.8) is 0 Å². The van der Waals surface area contributed by atoms with Crippen molar-refractivity contribution in [1.29, 1.82) is 0 Å². The van der Waals surface area contributed by atoms with Gasteiger partial charge in [0.15, 0.2) is 0 Å². The molecule has 34 heavy (non-hydrogen) atoms. The van der Waals surface area contributed by atoms with E-state index in [1.165, 1.54) is 6.07 Å². The zero-order valence-corrected chi connectivity index (χ0v) is 18.7. The van der Waals surface area contributed by atoms with Crippen molar-refractivity contribution < 1.29 is 18.1 Å². The number of phenolic OH excluding ortho intramolecular Hbond substituents is 1. The summed E-state index contributed by atoms with van der Waals surface area (Å²) in [5, 5.41) is 19.7. The molecule has 0 unspecified atom stereocenters. The number of aromatic hydroxyl groups is 1. The van der Waals surface area contributed by atoms with Crippen LogP contribution in [-0.4, -0.2) is 18.1 Å². The van der Waals surface area contributed by atoms with Gasteiger partial charge in [-0.15, -0.1) is 0 Å². The van der Waals surface area contributed by atoms with Crippen molar-refractivity contribution in [3.05, 3.63) is 91.0 Å². The Balaban J connectivity index is 1.64. The molecule has 0 aliphatic heterocycles. The van der Waals surface area contributed by atoms with E-state index in [0.717, 1.165) is 16.2 Å². The highest BCUT2D eigenvalue weighted by molar-refractivity contribution is 7.86. The zero-order valence-electron chi connectivity index (χ0n) is 17.9. The summed E-state index contributed by atoms with van der Waals surface area (Å²) in [6.45, 7) is 0. The Morgan fingerprint density at radius 1 is 0.706 bits per heavy atom. The molecule has 8 heteroatoms. The summed E-state index contributed by atoms with van der Waals surface area (Å²) in [4.78, 5) is -0.276. The minimum Gasteiger partial charge on any atom is -0.507 e. The molecule has 0 bridgehead atoms. The van der Waals surface area contributed by atoms with Crippen molar-refractivity contribution >= 4 is 60.1 Å². The maximum Gasteiger partial charge on any atom is 0.296 e. The highest BCUT2D eigenvalue weighted by Gasteiger charge is 2.20. The van der Waals surface area contributed by atoms with Crippen LogP contribution >= 0.6 is 0 Å². The van der Waals surface area contributed by atoms with E-state index in [1.807, 2.05) is 36.4 Å². The van der Waals surface area contributed by atoms with Crippen molar-refractivity contribution in [2.45, 2.75) is 4.90 Å². The molecular weight excluding hydrogens is 450 g/mol. The maximum absolute atomic E-state index is 12.2. The van der Waals surface area contributed by atoms with Gasteiger partial charge < -0.3 is 21.5 Å². The third-order valence-corrected chi connectivity index (χ3v) is 6.48. The first-order chi connectivity index (χ1) is 16.3. The molecule has 5 aromatic rings. The van der Waals surface area contributed by atoms with E-state index in [9.17, 15) is 18.1 Å². The molecule has 170 valence electrons. The predicted molar refractivity (Wildman–Crippen MR) is 137 cm³/mol. The normalized spacial score (nSPS) is 11.6. The number of anilines is 5. The van der Waals surface area contributed by atoms with Gasteiger partial charge in [-0.3, -0.25) is 4.55 Å². The number of nitrogens with one attached hydrogen (secondary N) is 2. The van der Waals surface area contributed by atoms with Gasteiger partial charge in [0, 0.05) is 27.8 Å². The van der Waals surface area contributed by atoms with Crippen LogP contribution in [-0.2, 0) is 10.1 Å². The first-order valence-electron chi connectivity index (χ1n) is 10.4. The minimum absolute atomic E-state index is 0.151. The number of fused-ring (bicyclic) bond motifs is 2. The first-order valence-corrected chi connectivity index (χ1v) is 11.9. The molecule has 0 aromatic heterocycles. The van der Waals surface area contributed by atoms with Crippen molar-refractivity contribution in [1.82, 2.24) is 0 Å². The van der Waals surface area contributed by atoms with E-state index < -0.39 is 10.1 Å². The monoisotopic (exact) mass is 471 g/mol. The van der Waals surface area contributed by atoms with Crippen LogP contribution in [0.15, 0.2) is 95.9 Å². The number of nitrogen functional groups attached to an aromatic ring is 1. The van der Waals surface area contributed by atoms with Gasteiger partial charge in [0.25, 0.3) is 10.1 Å². The number of phenols is 1. The van der Waals surface area contributed by atoms with Crippen LogP contribution < -0.4 is 16.4 Å². The molecule has 0 heterocycles. The average Bonchev–Trinajstić information content (AvgIpc) is 2.79. The Labute approximate surface area is 196 Å². The fourth-order valence-corrected chi connectivity index (χ4v) is 4.72. The summed E-state index contributed by atoms with van der Waals surface area (Å²) >= 11 is 0. The lowest BCUT2D eigenvalue weighted by Gasteiger charge is -2.18. The van der Waals surface area contributed by atoms with Crippen molar-refractivity contribution in [2.75, 3.05) is 16.4 Å². The van der Waals surface area contributed by atoms with E-state index in [1.54, 1.807) is 48.5 Å². The molecule has 5 aromatic carbocycles. The van der Waals surface area contributed by atoms with E-state index in [-0.39, 0.29) is 16.3 Å². The van der Waals surface area contributed by atoms with Gasteiger partial charge in [-0.05, 0) is 59.3 Å². The van der Waals surface area contributed by atoms with Crippen LogP contribution in [0.2, 0.25) is 0 Å². The van der Waals surface area contributed by atoms with Gasteiger partial charge in [0.2, 0.25) is 0 Å². The van der Waals surface area contributed by atoms with Crippen LogP contribution in [0.3, 0.4) is 0 Å². The molecule has 0 atom stereocenters. The lowest BCUT2D eigenvalue weighted by Crippen LogP contribution is -2.06. The second kappa shape index (κ2) is 8.26. The van der Waals surface area contributed by atoms with Crippen LogP contribution in [0.5, 0.6) is 5.75 Å². The van der Waals surface area contributed by atoms with E-state index in [2.05, 4.69) is 10.6 Å². The molecule has 7 nitrogen and oxygen atoms in total. The molecule has 6 N–H and O–H groups in total. The Bertz CT molecular complexity index is 1670. The zero-order chi connectivity index (χ0) is 23.9. The highest BCUT2D eigenvalue weighted by atomic mass is 32.2. The molecule has 0 amide bonds.